The fourth-order valence-corrected chi connectivity index (χ4v) is 3.28. The standard InChI is InChI=1S/C16H15FN2O4S/c17-11-4-2-1-3-10(11)7-14-18-12(9-24-14)15(20)19-5-6-23-8-13(19)16(21)22/h1-4,9,13H,5-8H2,(H,21,22)/t13-/m0/s1. The van der Waals surface area contributed by atoms with Gasteiger partial charge in [-0.25, -0.2) is 14.2 Å². The normalized spacial score (nSPS) is 17.7. The maximum Gasteiger partial charge on any atom is 0.328 e. The van der Waals surface area contributed by atoms with Gasteiger partial charge >= 0.3 is 5.97 Å². The summed E-state index contributed by atoms with van der Waals surface area (Å²) in [5, 5.41) is 11.4. The van der Waals surface area contributed by atoms with Gasteiger partial charge in [0.15, 0.2) is 6.04 Å². The van der Waals surface area contributed by atoms with Crippen LogP contribution in [0.1, 0.15) is 21.1 Å². The highest BCUT2D eigenvalue weighted by molar-refractivity contribution is 7.09. The van der Waals surface area contributed by atoms with Gasteiger partial charge in [-0.05, 0) is 11.6 Å². The van der Waals surface area contributed by atoms with Crippen LogP contribution >= 0.6 is 11.3 Å². The summed E-state index contributed by atoms with van der Waals surface area (Å²) in [6.45, 7) is 0.463. The highest BCUT2D eigenvalue weighted by Crippen LogP contribution is 2.19. The number of carbonyl (C=O) groups is 2. The molecule has 1 aliphatic heterocycles. The van der Waals surface area contributed by atoms with Gasteiger partial charge in [-0.3, -0.25) is 4.79 Å². The number of aliphatic carboxylic acids is 1. The number of thiazole rings is 1. The molecule has 8 heteroatoms. The van der Waals surface area contributed by atoms with Crippen LogP contribution in [0.3, 0.4) is 0 Å². The third-order valence-electron chi connectivity index (χ3n) is 3.74. The minimum absolute atomic E-state index is 0.0344. The molecule has 126 valence electrons. The molecule has 0 radical (unpaired) electrons. The highest BCUT2D eigenvalue weighted by Gasteiger charge is 2.34. The first-order valence-corrected chi connectivity index (χ1v) is 8.23. The van der Waals surface area contributed by atoms with E-state index in [-0.39, 0.29) is 31.1 Å². The topological polar surface area (TPSA) is 79.7 Å². The number of carboxylic acid groups (broad SMARTS) is 1. The fourth-order valence-electron chi connectivity index (χ4n) is 2.49. The van der Waals surface area contributed by atoms with Gasteiger partial charge in [0.1, 0.15) is 11.5 Å². The van der Waals surface area contributed by atoms with Gasteiger partial charge in [0.2, 0.25) is 0 Å². The van der Waals surface area contributed by atoms with Crippen molar-refractivity contribution >= 4 is 23.2 Å². The molecule has 1 atom stereocenters. The van der Waals surface area contributed by atoms with Gasteiger partial charge in [0.25, 0.3) is 5.91 Å². The molecule has 0 bridgehead atoms. The van der Waals surface area contributed by atoms with Crippen molar-refractivity contribution in [1.29, 1.82) is 0 Å². The summed E-state index contributed by atoms with van der Waals surface area (Å²) in [6, 6.07) is 5.38. The zero-order valence-corrected chi connectivity index (χ0v) is 13.5. The van der Waals surface area contributed by atoms with Crippen molar-refractivity contribution in [1.82, 2.24) is 9.88 Å². The molecule has 24 heavy (non-hydrogen) atoms. The molecule has 1 aliphatic rings. The Balaban J connectivity index is 1.76. The molecule has 2 heterocycles. The molecule has 0 saturated carbocycles. The predicted molar refractivity (Wildman–Crippen MR) is 84.6 cm³/mol. The summed E-state index contributed by atoms with van der Waals surface area (Å²) in [4.78, 5) is 29.3. The van der Waals surface area contributed by atoms with Crippen LogP contribution in [0.2, 0.25) is 0 Å². The monoisotopic (exact) mass is 350 g/mol. The maximum atomic E-state index is 13.7. The lowest BCUT2D eigenvalue weighted by molar-refractivity contribution is -0.147. The van der Waals surface area contributed by atoms with Crippen molar-refractivity contribution in [3.63, 3.8) is 0 Å². The molecule has 0 aliphatic carbocycles. The van der Waals surface area contributed by atoms with Crippen LogP contribution in [0.5, 0.6) is 0 Å². The third kappa shape index (κ3) is 3.44. The number of morpholine rings is 1. The zero-order valence-electron chi connectivity index (χ0n) is 12.6. The van der Waals surface area contributed by atoms with Gasteiger partial charge < -0.3 is 14.7 Å². The zero-order chi connectivity index (χ0) is 17.1. The number of benzene rings is 1. The minimum Gasteiger partial charge on any atom is -0.480 e. The lowest BCUT2D eigenvalue weighted by atomic mass is 10.1. The van der Waals surface area contributed by atoms with Crippen molar-refractivity contribution in [2.24, 2.45) is 0 Å². The molecule has 1 fully saturated rings. The van der Waals surface area contributed by atoms with Crippen molar-refractivity contribution in [3.05, 3.63) is 51.7 Å². The number of halogens is 1. The molecule has 1 N–H and O–H groups in total. The van der Waals surface area contributed by atoms with Crippen molar-refractivity contribution in [3.8, 4) is 0 Å². The third-order valence-corrected chi connectivity index (χ3v) is 4.59. The second-order valence-corrected chi connectivity index (χ2v) is 6.26. The SMILES string of the molecule is O=C(O)[C@@H]1COCCN1C(=O)c1csc(Cc2ccccc2F)n1. The number of rotatable bonds is 4. The molecule has 6 nitrogen and oxygen atoms in total. The molecule has 2 aromatic rings. The van der Waals surface area contributed by atoms with Crippen molar-refractivity contribution in [2.75, 3.05) is 19.8 Å². The lowest BCUT2D eigenvalue weighted by Gasteiger charge is -2.32. The van der Waals surface area contributed by atoms with Crippen LogP contribution in [0, 0.1) is 5.82 Å². The number of aromatic nitrogens is 1. The molecular formula is C16H15FN2O4S. The van der Waals surface area contributed by atoms with Gasteiger partial charge in [-0.1, -0.05) is 18.2 Å². The predicted octanol–water partition coefficient (Wildman–Crippen LogP) is 1.80. The Kier molecular flexibility index (Phi) is 4.86. The molecule has 1 saturated heterocycles. The van der Waals surface area contributed by atoms with Gasteiger partial charge in [-0.2, -0.15) is 0 Å². The molecular weight excluding hydrogens is 335 g/mol. The molecule has 1 aromatic carbocycles. The van der Waals surface area contributed by atoms with E-state index in [2.05, 4.69) is 4.98 Å². The lowest BCUT2D eigenvalue weighted by Crippen LogP contribution is -2.52. The van der Waals surface area contributed by atoms with E-state index in [1.54, 1.807) is 23.6 Å². The van der Waals surface area contributed by atoms with Crippen molar-refractivity contribution in [2.45, 2.75) is 12.5 Å². The number of amides is 1. The number of hydrogen-bond donors (Lipinski definition) is 1. The van der Waals surface area contributed by atoms with E-state index in [0.717, 1.165) is 0 Å². The molecule has 0 unspecified atom stereocenters. The Morgan fingerprint density at radius 1 is 1.42 bits per heavy atom. The van der Waals surface area contributed by atoms with E-state index in [0.29, 0.717) is 17.2 Å². The summed E-state index contributed by atoms with van der Waals surface area (Å²) >= 11 is 1.25. The second kappa shape index (κ2) is 7.06. The number of carboxylic acids is 1. The van der Waals surface area contributed by atoms with E-state index < -0.39 is 17.9 Å². The highest BCUT2D eigenvalue weighted by atomic mass is 32.1. The van der Waals surface area contributed by atoms with Crippen LogP contribution < -0.4 is 0 Å². The summed E-state index contributed by atoms with van der Waals surface area (Å²) in [6.07, 6.45) is 0.288. The van der Waals surface area contributed by atoms with Gasteiger partial charge in [0, 0.05) is 18.3 Å². The average molecular weight is 350 g/mol. The Morgan fingerprint density at radius 3 is 2.96 bits per heavy atom. The van der Waals surface area contributed by atoms with Crippen LogP contribution in [-0.2, 0) is 16.0 Å². The first-order chi connectivity index (χ1) is 11.6. The quantitative estimate of drug-likeness (QED) is 0.909. The van der Waals surface area contributed by atoms with E-state index in [1.807, 2.05) is 0 Å². The number of ether oxygens (including phenoxy) is 1. The first-order valence-electron chi connectivity index (χ1n) is 7.35. The number of hydrogen-bond acceptors (Lipinski definition) is 5. The van der Waals surface area contributed by atoms with Crippen LogP contribution in [0.15, 0.2) is 29.6 Å². The number of nitrogens with zero attached hydrogens (tertiary/aromatic N) is 2. The molecule has 0 spiro atoms. The van der Waals surface area contributed by atoms with Gasteiger partial charge in [0.05, 0.1) is 18.2 Å². The maximum absolute atomic E-state index is 13.7. The molecule has 3 rings (SSSR count). The van der Waals surface area contributed by atoms with E-state index in [4.69, 9.17) is 4.74 Å². The smallest absolute Gasteiger partial charge is 0.328 e. The first kappa shape index (κ1) is 16.5. The Hall–Kier alpha value is -2.32. The summed E-state index contributed by atoms with van der Waals surface area (Å²) in [7, 11) is 0. The Morgan fingerprint density at radius 2 is 2.21 bits per heavy atom. The van der Waals surface area contributed by atoms with E-state index in [1.165, 1.54) is 22.3 Å². The van der Waals surface area contributed by atoms with Crippen molar-refractivity contribution < 1.29 is 23.8 Å². The van der Waals surface area contributed by atoms with E-state index >= 15 is 0 Å². The minimum atomic E-state index is -1.11. The Labute approximate surface area is 141 Å². The number of carbonyl (C=O) groups excluding carboxylic acids is 1. The fraction of sp³-hybridized carbons (Fsp3) is 0.312. The summed E-state index contributed by atoms with van der Waals surface area (Å²) < 4.78 is 18.8. The largest absolute Gasteiger partial charge is 0.480 e. The Bertz CT molecular complexity index is 764. The average Bonchev–Trinajstić information content (AvgIpc) is 3.05. The summed E-state index contributed by atoms with van der Waals surface area (Å²) in [5.41, 5.74) is 0.681. The van der Waals surface area contributed by atoms with Crippen LogP contribution in [-0.4, -0.2) is 52.7 Å². The molecule has 1 aromatic heterocycles. The van der Waals surface area contributed by atoms with Crippen LogP contribution in [0.4, 0.5) is 4.39 Å². The van der Waals surface area contributed by atoms with Crippen LogP contribution in [0.25, 0.3) is 0 Å². The second-order valence-electron chi connectivity index (χ2n) is 5.32. The van der Waals surface area contributed by atoms with Gasteiger partial charge in [-0.15, -0.1) is 11.3 Å². The van der Waals surface area contributed by atoms with E-state index in [9.17, 15) is 19.1 Å². The summed E-state index contributed by atoms with van der Waals surface area (Å²) in [5.74, 6) is -1.87. The molecule has 1 amide bonds.